The molecule has 1 unspecified atom stereocenters. The molecular weight excluding hydrogens is 388 g/mol. The second kappa shape index (κ2) is 13.8. The number of amides is 1. The van der Waals surface area contributed by atoms with Gasteiger partial charge in [-0.1, -0.05) is 49.6 Å². The van der Waals surface area contributed by atoms with E-state index in [2.05, 4.69) is 51.2 Å². The second-order valence-corrected chi connectivity index (χ2v) is 9.08. The minimum Gasteiger partial charge on any atom is -0.383 e. The molecule has 3 rings (SSSR count). The maximum atomic E-state index is 12.7. The predicted octanol–water partition coefficient (Wildman–Crippen LogP) is 2.71. The van der Waals surface area contributed by atoms with Crippen molar-refractivity contribution < 1.29 is 9.53 Å². The Morgan fingerprint density at radius 1 is 1.03 bits per heavy atom. The number of nitrogens with one attached hydrogen (secondary N) is 3. The van der Waals surface area contributed by atoms with Gasteiger partial charge in [0, 0.05) is 51.3 Å². The second-order valence-electron chi connectivity index (χ2n) is 9.08. The summed E-state index contributed by atoms with van der Waals surface area (Å²) in [5, 5.41) is 10.5. The lowest BCUT2D eigenvalue weighted by atomic mass is 9.92. The standard InChI is InChI=1S/C25H42N4O2/c1-31-19-16-26-14-15-27-24(21-8-4-2-5-9-21)20-29-17-12-22(13-18-29)25(30)28-23-10-6-3-7-11-23/h2,4-5,8-9,22-24,26-27H,3,6-7,10-20H2,1H3,(H,28,30). The third-order valence-electron chi connectivity index (χ3n) is 6.73. The fourth-order valence-electron chi connectivity index (χ4n) is 4.81. The summed E-state index contributed by atoms with van der Waals surface area (Å²) < 4.78 is 5.09. The van der Waals surface area contributed by atoms with Crippen LogP contribution in [0.15, 0.2) is 30.3 Å². The van der Waals surface area contributed by atoms with Gasteiger partial charge in [-0.05, 0) is 44.3 Å². The molecule has 1 aliphatic heterocycles. The van der Waals surface area contributed by atoms with Crippen molar-refractivity contribution in [3.8, 4) is 0 Å². The maximum Gasteiger partial charge on any atom is 0.223 e. The first-order chi connectivity index (χ1) is 15.3. The number of carbonyl (C=O) groups excluding carboxylic acids is 1. The van der Waals surface area contributed by atoms with Crippen LogP contribution in [0, 0.1) is 5.92 Å². The van der Waals surface area contributed by atoms with Gasteiger partial charge in [0.05, 0.1) is 6.61 Å². The van der Waals surface area contributed by atoms with Crippen molar-refractivity contribution in [1.29, 1.82) is 0 Å². The number of benzene rings is 1. The van der Waals surface area contributed by atoms with E-state index in [1.165, 1.54) is 24.8 Å². The van der Waals surface area contributed by atoms with Crippen LogP contribution in [0.25, 0.3) is 0 Å². The molecule has 1 aromatic rings. The van der Waals surface area contributed by atoms with Gasteiger partial charge in [0.25, 0.3) is 0 Å². The van der Waals surface area contributed by atoms with Crippen LogP contribution in [-0.4, -0.2) is 69.8 Å². The van der Waals surface area contributed by atoms with Crippen LogP contribution in [0.2, 0.25) is 0 Å². The van der Waals surface area contributed by atoms with Crippen molar-refractivity contribution in [2.45, 2.75) is 57.0 Å². The number of methoxy groups -OCH3 is 1. The summed E-state index contributed by atoms with van der Waals surface area (Å²) in [6.07, 6.45) is 8.12. The molecule has 1 amide bonds. The molecular formula is C25H42N4O2. The van der Waals surface area contributed by atoms with Gasteiger partial charge in [0.2, 0.25) is 5.91 Å². The van der Waals surface area contributed by atoms with E-state index in [-0.39, 0.29) is 5.92 Å². The van der Waals surface area contributed by atoms with Crippen LogP contribution in [0.3, 0.4) is 0 Å². The van der Waals surface area contributed by atoms with Crippen LogP contribution in [0.1, 0.15) is 56.6 Å². The summed E-state index contributed by atoms with van der Waals surface area (Å²) >= 11 is 0. The minimum absolute atomic E-state index is 0.186. The number of hydrogen-bond donors (Lipinski definition) is 3. The van der Waals surface area contributed by atoms with E-state index >= 15 is 0 Å². The van der Waals surface area contributed by atoms with Gasteiger partial charge in [0.15, 0.2) is 0 Å². The maximum absolute atomic E-state index is 12.7. The number of nitrogens with zero attached hydrogens (tertiary/aromatic N) is 1. The van der Waals surface area contributed by atoms with Gasteiger partial charge in [-0.15, -0.1) is 0 Å². The van der Waals surface area contributed by atoms with E-state index < -0.39 is 0 Å². The van der Waals surface area contributed by atoms with Crippen LogP contribution < -0.4 is 16.0 Å². The van der Waals surface area contributed by atoms with E-state index in [0.29, 0.717) is 18.0 Å². The van der Waals surface area contributed by atoms with E-state index in [9.17, 15) is 4.79 Å². The van der Waals surface area contributed by atoms with Crippen molar-refractivity contribution in [3.05, 3.63) is 35.9 Å². The number of ether oxygens (including phenoxy) is 1. The number of piperidine rings is 1. The zero-order chi connectivity index (χ0) is 21.7. The summed E-state index contributed by atoms with van der Waals surface area (Å²) in [4.78, 5) is 15.2. The minimum atomic E-state index is 0.186. The van der Waals surface area contributed by atoms with Gasteiger partial charge in [0.1, 0.15) is 0 Å². The van der Waals surface area contributed by atoms with Crippen molar-refractivity contribution >= 4 is 5.91 Å². The predicted molar refractivity (Wildman–Crippen MR) is 126 cm³/mol. The van der Waals surface area contributed by atoms with Crippen LogP contribution in [0.4, 0.5) is 0 Å². The highest BCUT2D eigenvalue weighted by Crippen LogP contribution is 2.23. The molecule has 1 aliphatic carbocycles. The molecule has 3 N–H and O–H groups in total. The van der Waals surface area contributed by atoms with Gasteiger partial charge >= 0.3 is 0 Å². The highest BCUT2D eigenvalue weighted by Gasteiger charge is 2.28. The normalized spacial score (nSPS) is 19.9. The largest absolute Gasteiger partial charge is 0.383 e. The molecule has 2 aliphatic rings. The number of carbonyl (C=O) groups is 1. The molecule has 1 saturated carbocycles. The molecule has 1 aromatic carbocycles. The topological polar surface area (TPSA) is 65.6 Å². The fourth-order valence-corrected chi connectivity index (χ4v) is 4.81. The van der Waals surface area contributed by atoms with Gasteiger partial charge in [-0.2, -0.15) is 0 Å². The van der Waals surface area contributed by atoms with Gasteiger partial charge in [-0.25, -0.2) is 0 Å². The van der Waals surface area contributed by atoms with E-state index in [4.69, 9.17) is 4.74 Å². The Bertz CT molecular complexity index is 613. The Morgan fingerprint density at radius 2 is 1.77 bits per heavy atom. The molecule has 1 atom stereocenters. The van der Waals surface area contributed by atoms with Gasteiger partial charge in [-0.3, -0.25) is 4.79 Å². The Kier molecular flexibility index (Phi) is 10.8. The average Bonchev–Trinajstić information content (AvgIpc) is 2.82. The third kappa shape index (κ3) is 8.53. The van der Waals surface area contributed by atoms with Crippen molar-refractivity contribution in [2.24, 2.45) is 5.92 Å². The Hall–Kier alpha value is -1.47. The lowest BCUT2D eigenvalue weighted by Gasteiger charge is -2.35. The SMILES string of the molecule is COCCNCCNC(CN1CCC(C(=O)NC2CCCCC2)CC1)c1ccccc1. The summed E-state index contributed by atoms with van der Waals surface area (Å²) in [7, 11) is 1.73. The summed E-state index contributed by atoms with van der Waals surface area (Å²) in [5.41, 5.74) is 1.33. The van der Waals surface area contributed by atoms with Crippen molar-refractivity contribution in [1.82, 2.24) is 20.9 Å². The lowest BCUT2D eigenvalue weighted by molar-refractivity contribution is -0.127. The first-order valence-electron chi connectivity index (χ1n) is 12.3. The molecule has 2 fully saturated rings. The molecule has 6 heteroatoms. The summed E-state index contributed by atoms with van der Waals surface area (Å²) in [5.74, 6) is 0.484. The molecule has 31 heavy (non-hydrogen) atoms. The molecule has 1 heterocycles. The van der Waals surface area contributed by atoms with E-state index in [1.807, 2.05) is 0 Å². The summed E-state index contributed by atoms with van der Waals surface area (Å²) in [6.45, 7) is 6.45. The third-order valence-corrected chi connectivity index (χ3v) is 6.73. The Morgan fingerprint density at radius 3 is 2.48 bits per heavy atom. The molecule has 174 valence electrons. The zero-order valence-electron chi connectivity index (χ0n) is 19.3. The number of hydrogen-bond acceptors (Lipinski definition) is 5. The van der Waals surface area contributed by atoms with Crippen LogP contribution in [-0.2, 0) is 9.53 Å². The molecule has 0 radical (unpaired) electrons. The lowest BCUT2D eigenvalue weighted by Crippen LogP contribution is -2.46. The van der Waals surface area contributed by atoms with Crippen LogP contribution >= 0.6 is 0 Å². The first kappa shape index (κ1) is 24.2. The van der Waals surface area contributed by atoms with Crippen molar-refractivity contribution in [3.63, 3.8) is 0 Å². The monoisotopic (exact) mass is 430 g/mol. The number of likely N-dealkylation sites (tertiary alicyclic amines) is 1. The zero-order valence-corrected chi connectivity index (χ0v) is 19.3. The van der Waals surface area contributed by atoms with E-state index in [1.54, 1.807) is 7.11 Å². The van der Waals surface area contributed by atoms with E-state index in [0.717, 1.165) is 71.6 Å². The molecule has 1 saturated heterocycles. The molecule has 0 bridgehead atoms. The first-order valence-corrected chi connectivity index (χ1v) is 12.3. The molecule has 0 aromatic heterocycles. The molecule has 0 spiro atoms. The fraction of sp³-hybridized carbons (Fsp3) is 0.720. The van der Waals surface area contributed by atoms with Crippen molar-refractivity contribution in [2.75, 3.05) is 53.0 Å². The van der Waals surface area contributed by atoms with Crippen LogP contribution in [0.5, 0.6) is 0 Å². The molecule has 6 nitrogen and oxygen atoms in total. The number of rotatable bonds is 12. The Labute approximate surface area is 188 Å². The Balaban J connectivity index is 1.43. The smallest absolute Gasteiger partial charge is 0.223 e. The average molecular weight is 431 g/mol. The summed E-state index contributed by atoms with van der Waals surface area (Å²) in [6, 6.07) is 11.4. The highest BCUT2D eigenvalue weighted by atomic mass is 16.5. The highest BCUT2D eigenvalue weighted by molar-refractivity contribution is 5.79. The van der Waals surface area contributed by atoms with Gasteiger partial charge < -0.3 is 25.6 Å². The quantitative estimate of drug-likeness (QED) is 0.445.